The number of ketones is 1. The second-order valence-corrected chi connectivity index (χ2v) is 5.95. The zero-order valence-electron chi connectivity index (χ0n) is 10.7. The molecule has 2 rings (SSSR count). The number of carbonyl (C=O) groups excluding carboxylic acids is 1. The van der Waals surface area contributed by atoms with E-state index >= 15 is 0 Å². The molecule has 0 saturated heterocycles. The zero-order valence-corrected chi connectivity index (χ0v) is 10.7. The number of fused-ring (bicyclic) bond motifs is 1. The van der Waals surface area contributed by atoms with Gasteiger partial charge in [0.25, 0.3) is 0 Å². The Labute approximate surface area is 99.3 Å². The predicted octanol–water partition coefficient (Wildman–Crippen LogP) is 4.27. The number of Topliss-reactive ketones (excluding diaryl/α,β-unsaturated/α-hetero) is 1. The third-order valence-electron chi connectivity index (χ3n) is 4.65. The van der Waals surface area contributed by atoms with E-state index < -0.39 is 0 Å². The van der Waals surface area contributed by atoms with Crippen LogP contribution in [0.15, 0.2) is 11.6 Å². The molecule has 0 radical (unpaired) electrons. The molecule has 0 aromatic heterocycles. The van der Waals surface area contributed by atoms with Gasteiger partial charge in [0, 0.05) is 5.41 Å². The summed E-state index contributed by atoms with van der Waals surface area (Å²) in [5.74, 6) is 1.09. The standard InChI is InChI=1S/C15H24O/c1-12(16)15(2)10-9-13-7-5-3-4-6-8-14(13)11-15/h9,14H,3-8,10-11H2,1-2H3. The molecule has 0 spiro atoms. The highest BCUT2D eigenvalue weighted by Crippen LogP contribution is 2.43. The van der Waals surface area contributed by atoms with E-state index in [0.29, 0.717) is 11.7 Å². The van der Waals surface area contributed by atoms with E-state index in [1.54, 1.807) is 12.5 Å². The number of carbonyl (C=O) groups is 1. The van der Waals surface area contributed by atoms with Crippen molar-refractivity contribution < 1.29 is 4.79 Å². The molecule has 1 heteroatoms. The maximum Gasteiger partial charge on any atom is 0.136 e. The predicted molar refractivity (Wildman–Crippen MR) is 67.3 cm³/mol. The maximum absolute atomic E-state index is 11.7. The molecule has 16 heavy (non-hydrogen) atoms. The van der Waals surface area contributed by atoms with Gasteiger partial charge in [0.2, 0.25) is 0 Å². The zero-order chi connectivity index (χ0) is 11.6. The molecule has 2 unspecified atom stereocenters. The van der Waals surface area contributed by atoms with Crippen LogP contribution in [0.3, 0.4) is 0 Å². The Morgan fingerprint density at radius 3 is 2.81 bits per heavy atom. The number of rotatable bonds is 1. The molecule has 1 nitrogen and oxygen atoms in total. The molecule has 1 saturated carbocycles. The van der Waals surface area contributed by atoms with Crippen LogP contribution < -0.4 is 0 Å². The van der Waals surface area contributed by atoms with Crippen LogP contribution in [-0.4, -0.2) is 5.78 Å². The summed E-state index contributed by atoms with van der Waals surface area (Å²) in [6.07, 6.45) is 12.6. The molecule has 0 amide bonds. The van der Waals surface area contributed by atoms with Crippen molar-refractivity contribution in [2.24, 2.45) is 11.3 Å². The van der Waals surface area contributed by atoms with E-state index in [1.807, 2.05) is 0 Å². The molecule has 2 aliphatic carbocycles. The molecule has 90 valence electrons. The van der Waals surface area contributed by atoms with Crippen LogP contribution in [-0.2, 0) is 4.79 Å². The van der Waals surface area contributed by atoms with Gasteiger partial charge in [-0.15, -0.1) is 0 Å². The van der Waals surface area contributed by atoms with E-state index in [-0.39, 0.29) is 5.41 Å². The Hall–Kier alpha value is -0.590. The first-order valence-corrected chi connectivity index (χ1v) is 6.82. The minimum atomic E-state index is -0.0621. The lowest BCUT2D eigenvalue weighted by Gasteiger charge is -2.37. The van der Waals surface area contributed by atoms with Crippen LogP contribution in [0.25, 0.3) is 0 Å². The number of hydrogen-bond acceptors (Lipinski definition) is 1. The van der Waals surface area contributed by atoms with E-state index in [2.05, 4.69) is 13.0 Å². The first-order valence-electron chi connectivity index (χ1n) is 6.82. The summed E-state index contributed by atoms with van der Waals surface area (Å²) in [6.45, 7) is 3.92. The minimum absolute atomic E-state index is 0.0621. The van der Waals surface area contributed by atoms with Crippen LogP contribution in [0.1, 0.15) is 65.2 Å². The second kappa shape index (κ2) is 4.73. The third-order valence-corrected chi connectivity index (χ3v) is 4.65. The Morgan fingerprint density at radius 1 is 1.31 bits per heavy atom. The summed E-state index contributed by atoms with van der Waals surface area (Å²) in [7, 11) is 0. The molecule has 0 aromatic carbocycles. The monoisotopic (exact) mass is 220 g/mol. The van der Waals surface area contributed by atoms with Crippen molar-refractivity contribution >= 4 is 5.78 Å². The average molecular weight is 220 g/mol. The van der Waals surface area contributed by atoms with Crippen molar-refractivity contribution in [1.29, 1.82) is 0 Å². The summed E-state index contributed by atoms with van der Waals surface area (Å²) in [6, 6.07) is 0. The largest absolute Gasteiger partial charge is 0.299 e. The van der Waals surface area contributed by atoms with Crippen molar-refractivity contribution in [3.8, 4) is 0 Å². The summed E-state index contributed by atoms with van der Waals surface area (Å²) in [5, 5.41) is 0. The van der Waals surface area contributed by atoms with Crippen LogP contribution in [0, 0.1) is 11.3 Å². The Balaban J connectivity index is 2.13. The molecule has 1 fully saturated rings. The fourth-order valence-electron chi connectivity index (χ4n) is 3.24. The van der Waals surface area contributed by atoms with E-state index in [0.717, 1.165) is 12.8 Å². The van der Waals surface area contributed by atoms with E-state index in [9.17, 15) is 4.79 Å². The Kier molecular flexibility index (Phi) is 3.51. The highest BCUT2D eigenvalue weighted by atomic mass is 16.1. The highest BCUT2D eigenvalue weighted by Gasteiger charge is 2.36. The highest BCUT2D eigenvalue weighted by molar-refractivity contribution is 5.82. The average Bonchev–Trinajstić information content (AvgIpc) is 2.20. The lowest BCUT2D eigenvalue weighted by molar-refractivity contribution is -0.126. The summed E-state index contributed by atoms with van der Waals surface area (Å²) >= 11 is 0. The normalized spacial score (nSPS) is 35.6. The fourth-order valence-corrected chi connectivity index (χ4v) is 3.24. The first kappa shape index (κ1) is 11.9. The fraction of sp³-hybridized carbons (Fsp3) is 0.800. The van der Waals surface area contributed by atoms with E-state index in [1.165, 1.54) is 38.5 Å². The summed E-state index contributed by atoms with van der Waals surface area (Å²) in [4.78, 5) is 11.7. The molecule has 0 bridgehead atoms. The van der Waals surface area contributed by atoms with Gasteiger partial charge in [0.1, 0.15) is 5.78 Å². The van der Waals surface area contributed by atoms with Gasteiger partial charge < -0.3 is 0 Å². The quantitative estimate of drug-likeness (QED) is 0.603. The van der Waals surface area contributed by atoms with Crippen molar-refractivity contribution in [1.82, 2.24) is 0 Å². The van der Waals surface area contributed by atoms with Crippen molar-refractivity contribution in [2.75, 3.05) is 0 Å². The van der Waals surface area contributed by atoms with Gasteiger partial charge in [-0.3, -0.25) is 4.79 Å². The molecular formula is C15H24O. The van der Waals surface area contributed by atoms with Gasteiger partial charge in [-0.2, -0.15) is 0 Å². The van der Waals surface area contributed by atoms with Crippen molar-refractivity contribution in [2.45, 2.75) is 65.2 Å². The lowest BCUT2D eigenvalue weighted by atomic mass is 9.67. The van der Waals surface area contributed by atoms with Gasteiger partial charge in [0.15, 0.2) is 0 Å². The molecule has 2 atom stereocenters. The number of allylic oxidation sites excluding steroid dienone is 2. The second-order valence-electron chi connectivity index (χ2n) is 5.95. The molecule has 0 aromatic rings. The Morgan fingerprint density at radius 2 is 2.06 bits per heavy atom. The topological polar surface area (TPSA) is 17.1 Å². The first-order chi connectivity index (χ1) is 7.62. The maximum atomic E-state index is 11.7. The molecule has 0 aliphatic heterocycles. The third kappa shape index (κ3) is 2.39. The van der Waals surface area contributed by atoms with Crippen LogP contribution >= 0.6 is 0 Å². The van der Waals surface area contributed by atoms with Crippen LogP contribution in [0.5, 0.6) is 0 Å². The number of hydrogen-bond donors (Lipinski definition) is 0. The van der Waals surface area contributed by atoms with Crippen molar-refractivity contribution in [3.05, 3.63) is 11.6 Å². The molecular weight excluding hydrogens is 196 g/mol. The molecule has 0 N–H and O–H groups in total. The smallest absolute Gasteiger partial charge is 0.136 e. The van der Waals surface area contributed by atoms with Gasteiger partial charge >= 0.3 is 0 Å². The van der Waals surface area contributed by atoms with Gasteiger partial charge in [0.05, 0.1) is 0 Å². The van der Waals surface area contributed by atoms with Crippen LogP contribution in [0.4, 0.5) is 0 Å². The van der Waals surface area contributed by atoms with Gasteiger partial charge in [-0.25, -0.2) is 0 Å². The minimum Gasteiger partial charge on any atom is -0.299 e. The van der Waals surface area contributed by atoms with Gasteiger partial charge in [-0.05, 0) is 44.9 Å². The summed E-state index contributed by atoms with van der Waals surface area (Å²) in [5.41, 5.74) is 1.60. The summed E-state index contributed by atoms with van der Waals surface area (Å²) < 4.78 is 0. The SMILES string of the molecule is CC(=O)C1(C)CC=C2CCCCCCC2C1. The Bertz CT molecular complexity index is 303. The lowest BCUT2D eigenvalue weighted by Crippen LogP contribution is -2.32. The van der Waals surface area contributed by atoms with Crippen LogP contribution in [0.2, 0.25) is 0 Å². The van der Waals surface area contributed by atoms with E-state index in [4.69, 9.17) is 0 Å². The molecule has 0 heterocycles. The molecule has 2 aliphatic rings. The van der Waals surface area contributed by atoms with Crippen molar-refractivity contribution in [3.63, 3.8) is 0 Å². The van der Waals surface area contributed by atoms with Gasteiger partial charge in [-0.1, -0.05) is 37.8 Å².